The molecular weight excluding hydrogens is 222 g/mol. The SMILES string of the molecule is CCOCCCNS(=O)(=O)CCC(=O)O. The topological polar surface area (TPSA) is 92.7 Å². The molecule has 0 amide bonds. The van der Waals surface area contributed by atoms with Gasteiger partial charge in [-0.05, 0) is 13.3 Å². The van der Waals surface area contributed by atoms with Crippen LogP contribution in [0.4, 0.5) is 0 Å². The van der Waals surface area contributed by atoms with E-state index in [1.165, 1.54) is 0 Å². The van der Waals surface area contributed by atoms with Gasteiger partial charge >= 0.3 is 5.97 Å². The van der Waals surface area contributed by atoms with Crippen LogP contribution in [0.25, 0.3) is 0 Å². The van der Waals surface area contributed by atoms with Gasteiger partial charge in [0, 0.05) is 19.8 Å². The number of rotatable bonds is 9. The molecule has 90 valence electrons. The molecule has 0 aliphatic heterocycles. The minimum atomic E-state index is -3.45. The largest absolute Gasteiger partial charge is 0.481 e. The van der Waals surface area contributed by atoms with Gasteiger partial charge in [-0.15, -0.1) is 0 Å². The average molecular weight is 239 g/mol. The predicted octanol–water partition coefficient (Wildman–Crippen LogP) is -0.193. The van der Waals surface area contributed by atoms with Crippen LogP contribution in [-0.4, -0.2) is 45.0 Å². The van der Waals surface area contributed by atoms with E-state index in [1.807, 2.05) is 6.92 Å². The van der Waals surface area contributed by atoms with E-state index in [1.54, 1.807) is 0 Å². The normalized spacial score (nSPS) is 11.5. The zero-order valence-corrected chi connectivity index (χ0v) is 9.55. The van der Waals surface area contributed by atoms with Crippen molar-refractivity contribution in [1.82, 2.24) is 4.72 Å². The molecule has 0 aliphatic carbocycles. The second-order valence-corrected chi connectivity index (χ2v) is 4.83. The van der Waals surface area contributed by atoms with Gasteiger partial charge in [0.2, 0.25) is 10.0 Å². The molecular formula is C8H17NO5S. The van der Waals surface area contributed by atoms with Gasteiger partial charge in [0.1, 0.15) is 0 Å². The molecule has 0 unspecified atom stereocenters. The summed E-state index contributed by atoms with van der Waals surface area (Å²) in [5.41, 5.74) is 0. The molecule has 6 nitrogen and oxygen atoms in total. The molecule has 0 bridgehead atoms. The third-order valence-electron chi connectivity index (χ3n) is 1.58. The van der Waals surface area contributed by atoms with Gasteiger partial charge in [0.15, 0.2) is 0 Å². The monoisotopic (exact) mass is 239 g/mol. The number of ether oxygens (including phenoxy) is 1. The standard InChI is InChI=1S/C8H17NO5S/c1-2-14-6-3-5-9-15(12,13)7-4-8(10)11/h9H,2-7H2,1H3,(H,10,11). The Hall–Kier alpha value is -0.660. The van der Waals surface area contributed by atoms with E-state index in [9.17, 15) is 13.2 Å². The van der Waals surface area contributed by atoms with Crippen LogP contribution in [0.5, 0.6) is 0 Å². The zero-order chi connectivity index (χ0) is 11.7. The van der Waals surface area contributed by atoms with Crippen molar-refractivity contribution in [3.05, 3.63) is 0 Å². The lowest BCUT2D eigenvalue weighted by molar-refractivity contribution is -0.136. The van der Waals surface area contributed by atoms with Crippen LogP contribution < -0.4 is 4.72 Å². The number of carboxylic acids is 1. The van der Waals surface area contributed by atoms with Crippen LogP contribution in [0.3, 0.4) is 0 Å². The van der Waals surface area contributed by atoms with Gasteiger partial charge in [0.05, 0.1) is 12.2 Å². The van der Waals surface area contributed by atoms with E-state index < -0.39 is 16.0 Å². The molecule has 2 N–H and O–H groups in total. The van der Waals surface area contributed by atoms with Crippen LogP contribution in [0.15, 0.2) is 0 Å². The van der Waals surface area contributed by atoms with Crippen LogP contribution in [0.1, 0.15) is 19.8 Å². The van der Waals surface area contributed by atoms with E-state index in [0.717, 1.165) is 0 Å². The molecule has 0 atom stereocenters. The van der Waals surface area contributed by atoms with Gasteiger partial charge in [-0.3, -0.25) is 4.79 Å². The van der Waals surface area contributed by atoms with E-state index >= 15 is 0 Å². The first kappa shape index (κ1) is 14.3. The summed E-state index contributed by atoms with van der Waals surface area (Å²) in [5.74, 6) is -1.49. The molecule has 0 aliphatic rings. The molecule has 0 aromatic carbocycles. The quantitative estimate of drug-likeness (QED) is 0.544. The van der Waals surface area contributed by atoms with Gasteiger partial charge in [-0.1, -0.05) is 0 Å². The molecule has 0 fully saturated rings. The third kappa shape index (κ3) is 9.64. The maximum absolute atomic E-state index is 11.2. The maximum atomic E-state index is 11.2. The summed E-state index contributed by atoms with van der Waals surface area (Å²) >= 11 is 0. The van der Waals surface area contributed by atoms with Gasteiger partial charge in [-0.25, -0.2) is 13.1 Å². The first-order valence-corrected chi connectivity index (χ1v) is 6.40. The fraction of sp³-hybridized carbons (Fsp3) is 0.875. The van der Waals surface area contributed by atoms with E-state index in [-0.39, 0.29) is 18.7 Å². The van der Waals surface area contributed by atoms with Crippen molar-refractivity contribution in [3.8, 4) is 0 Å². The number of hydrogen-bond donors (Lipinski definition) is 2. The molecule has 0 heterocycles. The van der Waals surface area contributed by atoms with Crippen LogP contribution >= 0.6 is 0 Å². The first-order valence-electron chi connectivity index (χ1n) is 4.75. The Morgan fingerprint density at radius 2 is 2.13 bits per heavy atom. The van der Waals surface area contributed by atoms with Crippen LogP contribution in [-0.2, 0) is 19.6 Å². The van der Waals surface area contributed by atoms with Crippen molar-refractivity contribution >= 4 is 16.0 Å². The molecule has 7 heteroatoms. The molecule has 0 radical (unpaired) electrons. The zero-order valence-electron chi connectivity index (χ0n) is 8.73. The molecule has 0 rings (SSSR count). The van der Waals surface area contributed by atoms with Gasteiger partial charge in [0.25, 0.3) is 0 Å². The molecule has 0 spiro atoms. The second kappa shape index (κ2) is 7.61. The second-order valence-electron chi connectivity index (χ2n) is 2.91. The van der Waals surface area contributed by atoms with Crippen molar-refractivity contribution in [2.24, 2.45) is 0 Å². The highest BCUT2D eigenvalue weighted by molar-refractivity contribution is 7.89. The van der Waals surface area contributed by atoms with Crippen LogP contribution in [0, 0.1) is 0 Å². The summed E-state index contributed by atoms with van der Waals surface area (Å²) in [6.07, 6.45) is 0.209. The Morgan fingerprint density at radius 1 is 1.47 bits per heavy atom. The highest BCUT2D eigenvalue weighted by Gasteiger charge is 2.11. The first-order chi connectivity index (χ1) is 6.98. The molecule has 0 saturated carbocycles. The summed E-state index contributed by atoms with van der Waals surface area (Å²) in [5, 5.41) is 8.31. The van der Waals surface area contributed by atoms with E-state index in [2.05, 4.69) is 4.72 Å². The van der Waals surface area contributed by atoms with Gasteiger partial charge < -0.3 is 9.84 Å². The Balaban J connectivity index is 3.61. The smallest absolute Gasteiger partial charge is 0.304 e. The molecule has 0 aromatic heterocycles. The average Bonchev–Trinajstić information content (AvgIpc) is 2.15. The summed E-state index contributed by atoms with van der Waals surface area (Å²) in [6, 6.07) is 0. The van der Waals surface area contributed by atoms with E-state index in [0.29, 0.717) is 19.6 Å². The molecule has 0 aromatic rings. The molecule has 0 saturated heterocycles. The highest BCUT2D eigenvalue weighted by Crippen LogP contribution is 1.90. The van der Waals surface area contributed by atoms with Crippen molar-refractivity contribution < 1.29 is 23.1 Å². The van der Waals surface area contributed by atoms with Gasteiger partial charge in [-0.2, -0.15) is 0 Å². The van der Waals surface area contributed by atoms with Crippen molar-refractivity contribution in [2.45, 2.75) is 19.8 Å². The number of carbonyl (C=O) groups is 1. The highest BCUT2D eigenvalue weighted by atomic mass is 32.2. The fourth-order valence-electron chi connectivity index (χ4n) is 0.840. The number of hydrogen-bond acceptors (Lipinski definition) is 4. The number of aliphatic carboxylic acids is 1. The minimum absolute atomic E-state index is 0.280. The third-order valence-corrected chi connectivity index (χ3v) is 2.96. The lowest BCUT2D eigenvalue weighted by Crippen LogP contribution is -2.28. The Labute approximate surface area is 89.7 Å². The van der Waals surface area contributed by atoms with Crippen molar-refractivity contribution in [1.29, 1.82) is 0 Å². The van der Waals surface area contributed by atoms with Crippen molar-refractivity contribution in [2.75, 3.05) is 25.5 Å². The summed E-state index contributed by atoms with van der Waals surface area (Å²) in [6.45, 7) is 3.24. The Bertz CT molecular complexity index is 275. The lowest BCUT2D eigenvalue weighted by atomic mass is 10.5. The van der Waals surface area contributed by atoms with Crippen LogP contribution in [0.2, 0.25) is 0 Å². The fourth-order valence-corrected chi connectivity index (χ4v) is 1.88. The Morgan fingerprint density at radius 3 is 2.67 bits per heavy atom. The lowest BCUT2D eigenvalue weighted by Gasteiger charge is -2.05. The number of carboxylic acid groups (broad SMARTS) is 1. The van der Waals surface area contributed by atoms with Crippen molar-refractivity contribution in [3.63, 3.8) is 0 Å². The summed E-state index contributed by atoms with van der Waals surface area (Å²) in [4.78, 5) is 10.1. The molecule has 15 heavy (non-hydrogen) atoms. The van der Waals surface area contributed by atoms with E-state index in [4.69, 9.17) is 9.84 Å². The number of nitrogens with one attached hydrogen (secondary N) is 1. The Kier molecular flexibility index (Phi) is 7.27. The minimum Gasteiger partial charge on any atom is -0.481 e. The summed E-state index contributed by atoms with van der Waals surface area (Å²) < 4.78 is 29.6. The predicted molar refractivity (Wildman–Crippen MR) is 55.2 cm³/mol. The number of sulfonamides is 1. The maximum Gasteiger partial charge on any atom is 0.304 e. The summed E-state index contributed by atoms with van der Waals surface area (Å²) in [7, 11) is -3.45.